The monoisotopic (exact) mass is 414 g/mol. The number of aromatic nitrogens is 4. The Kier molecular flexibility index (Phi) is 8.55. The number of hydrogen-bond acceptors (Lipinski definition) is 6. The van der Waals surface area contributed by atoms with E-state index in [0.717, 1.165) is 22.6 Å². The Labute approximate surface area is 176 Å². The first kappa shape index (κ1) is 21.1. The highest BCUT2D eigenvalue weighted by Crippen LogP contribution is 2.28. The van der Waals surface area contributed by atoms with Crippen LogP contribution in [0.15, 0.2) is 24.3 Å². The van der Waals surface area contributed by atoms with E-state index in [-0.39, 0.29) is 0 Å². The van der Waals surface area contributed by atoms with Gasteiger partial charge >= 0.3 is 0 Å². The highest BCUT2D eigenvalue weighted by Gasteiger charge is 2.11. The standard InChI is InChI=1S/C22H30N4S2/c1-3-5-7-9-11-17-13-15-19(27-17)21-23-25-22(26-24-21)20-16-14-18(28-20)12-10-8-6-4-2/h13-16H,3-12H2,1-2H3. The first-order valence-electron chi connectivity index (χ1n) is 10.6. The minimum absolute atomic E-state index is 0.630. The largest absolute Gasteiger partial charge is 0.213 e. The summed E-state index contributed by atoms with van der Waals surface area (Å²) in [6.45, 7) is 4.49. The van der Waals surface area contributed by atoms with Crippen LogP contribution in [0.5, 0.6) is 0 Å². The Morgan fingerprint density at radius 1 is 0.571 bits per heavy atom. The van der Waals surface area contributed by atoms with E-state index in [9.17, 15) is 0 Å². The van der Waals surface area contributed by atoms with Crippen molar-refractivity contribution >= 4 is 22.7 Å². The molecule has 0 saturated heterocycles. The summed E-state index contributed by atoms with van der Waals surface area (Å²) < 4.78 is 0. The molecule has 0 atom stereocenters. The second-order valence-corrected chi connectivity index (χ2v) is 9.54. The molecule has 0 N–H and O–H groups in total. The van der Waals surface area contributed by atoms with Crippen molar-refractivity contribution in [3.8, 4) is 21.4 Å². The number of thiophene rings is 2. The van der Waals surface area contributed by atoms with Crippen molar-refractivity contribution in [1.82, 2.24) is 20.4 Å². The molecule has 28 heavy (non-hydrogen) atoms. The predicted octanol–water partition coefficient (Wildman–Crippen LogP) is 6.97. The van der Waals surface area contributed by atoms with Gasteiger partial charge in [-0.2, -0.15) is 0 Å². The molecule has 0 amide bonds. The van der Waals surface area contributed by atoms with Gasteiger partial charge in [-0.05, 0) is 49.9 Å². The maximum Gasteiger partial charge on any atom is 0.213 e. The van der Waals surface area contributed by atoms with Crippen LogP contribution >= 0.6 is 22.7 Å². The molecule has 0 aliphatic carbocycles. The lowest BCUT2D eigenvalue weighted by atomic mass is 10.1. The fraction of sp³-hybridized carbons (Fsp3) is 0.545. The molecule has 6 heteroatoms. The molecule has 0 bridgehead atoms. The van der Waals surface area contributed by atoms with Crippen LogP contribution in [0.25, 0.3) is 21.4 Å². The van der Waals surface area contributed by atoms with Crippen molar-refractivity contribution in [2.75, 3.05) is 0 Å². The van der Waals surface area contributed by atoms with Crippen molar-refractivity contribution in [3.05, 3.63) is 34.0 Å². The van der Waals surface area contributed by atoms with Gasteiger partial charge in [-0.3, -0.25) is 0 Å². The topological polar surface area (TPSA) is 51.6 Å². The molecule has 0 spiro atoms. The quantitative estimate of drug-likeness (QED) is 0.300. The lowest BCUT2D eigenvalue weighted by Crippen LogP contribution is -1.97. The molecule has 0 aliphatic heterocycles. The van der Waals surface area contributed by atoms with Crippen LogP contribution in [0.1, 0.15) is 75.0 Å². The summed E-state index contributed by atoms with van der Waals surface area (Å²) in [7, 11) is 0. The van der Waals surface area contributed by atoms with Gasteiger partial charge in [-0.1, -0.05) is 52.4 Å². The molecule has 0 aliphatic rings. The summed E-state index contributed by atoms with van der Waals surface area (Å²) in [4.78, 5) is 4.90. The second kappa shape index (κ2) is 11.4. The van der Waals surface area contributed by atoms with Crippen LogP contribution in [0, 0.1) is 0 Å². The van der Waals surface area contributed by atoms with Gasteiger partial charge in [0.2, 0.25) is 11.6 Å². The summed E-state index contributed by atoms with van der Waals surface area (Å²) in [5.41, 5.74) is 0. The highest BCUT2D eigenvalue weighted by atomic mass is 32.1. The first-order chi connectivity index (χ1) is 13.8. The van der Waals surface area contributed by atoms with Gasteiger partial charge in [0.05, 0.1) is 9.75 Å². The third-order valence-electron chi connectivity index (χ3n) is 4.80. The van der Waals surface area contributed by atoms with Crippen LogP contribution in [0.4, 0.5) is 0 Å². The van der Waals surface area contributed by atoms with Gasteiger partial charge in [-0.15, -0.1) is 43.1 Å². The van der Waals surface area contributed by atoms with E-state index < -0.39 is 0 Å². The Hall–Kier alpha value is -1.66. The van der Waals surface area contributed by atoms with Crippen molar-refractivity contribution in [2.24, 2.45) is 0 Å². The molecule has 0 unspecified atom stereocenters. The average Bonchev–Trinajstić information content (AvgIpc) is 3.39. The lowest BCUT2D eigenvalue weighted by molar-refractivity contribution is 0.670. The summed E-state index contributed by atoms with van der Waals surface area (Å²) in [5.74, 6) is 1.26. The van der Waals surface area contributed by atoms with Gasteiger partial charge in [0, 0.05) is 9.75 Å². The Morgan fingerprint density at radius 3 is 1.39 bits per heavy atom. The summed E-state index contributed by atoms with van der Waals surface area (Å²) >= 11 is 3.52. The zero-order valence-corrected chi connectivity index (χ0v) is 18.6. The van der Waals surface area contributed by atoms with E-state index in [2.05, 4.69) is 58.5 Å². The number of rotatable bonds is 12. The van der Waals surface area contributed by atoms with E-state index in [1.165, 1.54) is 61.1 Å². The fourth-order valence-electron chi connectivity index (χ4n) is 3.14. The van der Waals surface area contributed by atoms with Crippen molar-refractivity contribution in [3.63, 3.8) is 0 Å². The predicted molar refractivity (Wildman–Crippen MR) is 120 cm³/mol. The van der Waals surface area contributed by atoms with Crippen molar-refractivity contribution in [2.45, 2.75) is 78.1 Å². The maximum atomic E-state index is 4.34. The van der Waals surface area contributed by atoms with E-state index in [1.54, 1.807) is 22.7 Å². The SMILES string of the molecule is CCCCCCc1ccc(-c2nnc(-c3ccc(CCCCCC)s3)nn2)s1. The maximum absolute atomic E-state index is 4.34. The highest BCUT2D eigenvalue weighted by molar-refractivity contribution is 7.15. The molecular weight excluding hydrogens is 384 g/mol. The molecule has 150 valence electrons. The van der Waals surface area contributed by atoms with Gasteiger partial charge in [0.1, 0.15) is 0 Å². The zero-order valence-electron chi connectivity index (χ0n) is 17.0. The van der Waals surface area contributed by atoms with Crippen LogP contribution in [0.2, 0.25) is 0 Å². The van der Waals surface area contributed by atoms with Crippen LogP contribution in [-0.4, -0.2) is 20.4 Å². The van der Waals surface area contributed by atoms with Crippen LogP contribution < -0.4 is 0 Å². The molecule has 0 fully saturated rings. The van der Waals surface area contributed by atoms with E-state index in [4.69, 9.17) is 0 Å². The Morgan fingerprint density at radius 2 is 1.00 bits per heavy atom. The normalized spacial score (nSPS) is 11.2. The molecule has 0 radical (unpaired) electrons. The van der Waals surface area contributed by atoms with Crippen LogP contribution in [-0.2, 0) is 12.8 Å². The molecule has 3 aromatic rings. The lowest BCUT2D eigenvalue weighted by Gasteiger charge is -1.98. The van der Waals surface area contributed by atoms with Gasteiger partial charge in [-0.25, -0.2) is 0 Å². The molecule has 0 aromatic carbocycles. The van der Waals surface area contributed by atoms with Gasteiger partial charge in [0.15, 0.2) is 0 Å². The van der Waals surface area contributed by atoms with Gasteiger partial charge < -0.3 is 0 Å². The summed E-state index contributed by atoms with van der Waals surface area (Å²) in [5, 5.41) is 17.4. The van der Waals surface area contributed by atoms with E-state index in [1.807, 2.05) is 0 Å². The summed E-state index contributed by atoms with van der Waals surface area (Å²) in [6.07, 6.45) is 12.6. The van der Waals surface area contributed by atoms with Crippen LogP contribution in [0.3, 0.4) is 0 Å². The van der Waals surface area contributed by atoms with Gasteiger partial charge in [0.25, 0.3) is 0 Å². The van der Waals surface area contributed by atoms with E-state index >= 15 is 0 Å². The third-order valence-corrected chi connectivity index (χ3v) is 7.08. The number of unbranched alkanes of at least 4 members (excludes halogenated alkanes) is 6. The number of nitrogens with zero attached hydrogens (tertiary/aromatic N) is 4. The number of hydrogen-bond donors (Lipinski definition) is 0. The number of aryl methyl sites for hydroxylation is 2. The molecule has 3 heterocycles. The molecule has 0 saturated carbocycles. The second-order valence-electron chi connectivity index (χ2n) is 7.20. The molecule has 4 nitrogen and oxygen atoms in total. The van der Waals surface area contributed by atoms with Crippen molar-refractivity contribution < 1.29 is 0 Å². The molecule has 3 rings (SSSR count). The Bertz CT molecular complexity index is 754. The summed E-state index contributed by atoms with van der Waals surface area (Å²) in [6, 6.07) is 8.57. The Balaban J connectivity index is 1.56. The first-order valence-corrected chi connectivity index (χ1v) is 12.2. The average molecular weight is 415 g/mol. The fourth-order valence-corrected chi connectivity index (χ4v) is 5.09. The van der Waals surface area contributed by atoms with E-state index in [0.29, 0.717) is 11.6 Å². The molecule has 3 aromatic heterocycles. The zero-order chi connectivity index (χ0) is 19.6. The third kappa shape index (κ3) is 6.17. The smallest absolute Gasteiger partial charge is 0.137 e. The van der Waals surface area contributed by atoms with Crippen molar-refractivity contribution in [1.29, 1.82) is 0 Å². The minimum Gasteiger partial charge on any atom is -0.137 e. The minimum atomic E-state index is 0.630. The molecular formula is C22H30N4S2.